The summed E-state index contributed by atoms with van der Waals surface area (Å²) in [6.45, 7) is 4.62. The maximum Gasteiger partial charge on any atom is 0.253 e. The molecule has 0 amide bonds. The van der Waals surface area contributed by atoms with Crippen LogP contribution < -0.4 is 16.4 Å². The van der Waals surface area contributed by atoms with Gasteiger partial charge in [0.25, 0.3) is 6.71 Å². The van der Waals surface area contributed by atoms with Gasteiger partial charge in [-0.15, -0.1) is 0 Å². The fourth-order valence-electron chi connectivity index (χ4n) is 12.8. The van der Waals surface area contributed by atoms with Gasteiger partial charge in [0, 0.05) is 38.6 Å². The molecule has 0 saturated carbocycles. The topological polar surface area (TPSA) is 9.86 Å². The normalized spacial score (nSPS) is 14.3. The zero-order valence-corrected chi connectivity index (χ0v) is 33.2. The lowest BCUT2D eigenvalue weighted by atomic mass is 9.33. The van der Waals surface area contributed by atoms with Gasteiger partial charge in [0.15, 0.2) is 0 Å². The molecule has 9 aromatic carbocycles. The number of aryl methyl sites for hydroxylation is 2. The van der Waals surface area contributed by atoms with Crippen LogP contribution in [0.15, 0.2) is 176 Å². The SMILES string of the molecule is Cc1cc2c3c(c1)c1cc(C)cc4c1n3-c1c(ccc3c1B2c1c2ccccc2cc2c(-c5ccccc5)c(-c5ccccc5)n-3c12)C41c2ccccc2-c2ccccc21. The molecule has 2 aromatic heterocycles. The summed E-state index contributed by atoms with van der Waals surface area (Å²) in [6, 6.07) is 67.4. The van der Waals surface area contributed by atoms with E-state index in [0.717, 1.165) is 0 Å². The molecule has 2 nitrogen and oxygen atoms in total. The lowest BCUT2D eigenvalue weighted by Gasteiger charge is -2.44. The molecule has 5 heterocycles. The molecule has 1 aliphatic carbocycles. The van der Waals surface area contributed by atoms with E-state index >= 15 is 0 Å². The van der Waals surface area contributed by atoms with E-state index in [4.69, 9.17) is 0 Å². The molecule has 0 unspecified atom stereocenters. The zero-order chi connectivity index (χ0) is 39.2. The molecule has 3 aliphatic heterocycles. The van der Waals surface area contributed by atoms with Gasteiger partial charge in [-0.3, -0.25) is 0 Å². The maximum atomic E-state index is 2.73. The first kappa shape index (κ1) is 31.6. The Morgan fingerprint density at radius 3 is 1.82 bits per heavy atom. The Bertz CT molecular complexity index is 3750. The molecule has 276 valence electrons. The average Bonchev–Trinajstić information content (AvgIpc) is 3.91. The van der Waals surface area contributed by atoms with Crippen molar-refractivity contribution >= 4 is 66.6 Å². The van der Waals surface area contributed by atoms with Crippen LogP contribution in [0.25, 0.3) is 88.4 Å². The van der Waals surface area contributed by atoms with E-state index in [2.05, 4.69) is 199 Å². The number of aromatic nitrogens is 2. The monoisotopic (exact) mass is 758 g/mol. The molecule has 0 N–H and O–H groups in total. The maximum absolute atomic E-state index is 2.73. The minimum Gasteiger partial charge on any atom is -0.310 e. The van der Waals surface area contributed by atoms with E-state index in [1.807, 2.05) is 0 Å². The van der Waals surface area contributed by atoms with Gasteiger partial charge in [-0.2, -0.15) is 0 Å². The largest absolute Gasteiger partial charge is 0.310 e. The van der Waals surface area contributed by atoms with Gasteiger partial charge in [0.2, 0.25) is 0 Å². The zero-order valence-electron chi connectivity index (χ0n) is 33.2. The number of nitrogens with zero attached hydrogens (tertiary/aromatic N) is 2. The van der Waals surface area contributed by atoms with Crippen molar-refractivity contribution in [3.63, 3.8) is 0 Å². The van der Waals surface area contributed by atoms with Gasteiger partial charge in [-0.1, -0.05) is 163 Å². The van der Waals surface area contributed by atoms with Crippen LogP contribution in [0.5, 0.6) is 0 Å². The number of benzene rings is 9. The van der Waals surface area contributed by atoms with E-state index < -0.39 is 5.41 Å². The molecule has 15 rings (SSSR count). The van der Waals surface area contributed by atoms with E-state index in [1.54, 1.807) is 0 Å². The summed E-state index contributed by atoms with van der Waals surface area (Å²) in [4.78, 5) is 0. The molecule has 3 heteroatoms. The van der Waals surface area contributed by atoms with Crippen LogP contribution in [0.3, 0.4) is 0 Å². The Kier molecular flexibility index (Phi) is 5.60. The molecule has 0 atom stereocenters. The third-order valence-corrected chi connectivity index (χ3v) is 14.7. The van der Waals surface area contributed by atoms with Crippen LogP contribution in [-0.4, -0.2) is 15.8 Å². The molecule has 0 radical (unpaired) electrons. The second-order valence-corrected chi connectivity index (χ2v) is 17.7. The van der Waals surface area contributed by atoms with Crippen molar-refractivity contribution in [2.45, 2.75) is 19.3 Å². The summed E-state index contributed by atoms with van der Waals surface area (Å²) in [5.74, 6) is 0. The van der Waals surface area contributed by atoms with Gasteiger partial charge in [0.05, 0.1) is 22.1 Å². The van der Waals surface area contributed by atoms with Crippen molar-refractivity contribution in [2.24, 2.45) is 0 Å². The third kappa shape index (κ3) is 3.43. The van der Waals surface area contributed by atoms with Crippen molar-refractivity contribution in [1.29, 1.82) is 0 Å². The van der Waals surface area contributed by atoms with Crippen molar-refractivity contribution in [3.05, 3.63) is 209 Å². The Labute approximate surface area is 347 Å². The Morgan fingerprint density at radius 2 is 1.07 bits per heavy atom. The standard InChI is InChI=1S/C57H35BN2/c1-32-27-40-41-28-33(2)30-47-54(41)60-53(40)46(29-32)57(43-23-13-11-21-38(43)39-22-12-14-24-44(39)57)45-25-26-48-51(56(45)60)58(47)50-37-20-10-9-19-36(37)31-42-49(34-15-5-3-6-16-34)52(59(48)55(42)50)35-17-7-4-8-18-35/h3-31H,1-2H3. The highest BCUT2D eigenvalue weighted by atomic mass is 15.1. The van der Waals surface area contributed by atoms with Gasteiger partial charge in [0.1, 0.15) is 0 Å². The molecule has 0 saturated heterocycles. The van der Waals surface area contributed by atoms with E-state index in [0.29, 0.717) is 0 Å². The second kappa shape index (κ2) is 10.6. The minimum atomic E-state index is -0.494. The molecule has 1 spiro atoms. The van der Waals surface area contributed by atoms with Gasteiger partial charge >= 0.3 is 0 Å². The van der Waals surface area contributed by atoms with Crippen LogP contribution in [-0.2, 0) is 5.41 Å². The number of rotatable bonds is 2. The first-order valence-electron chi connectivity index (χ1n) is 21.3. The molecule has 0 bridgehead atoms. The highest BCUT2D eigenvalue weighted by Gasteiger charge is 2.54. The molecule has 60 heavy (non-hydrogen) atoms. The quantitative estimate of drug-likeness (QED) is 0.155. The smallest absolute Gasteiger partial charge is 0.253 e. The van der Waals surface area contributed by atoms with E-state index in [1.165, 1.54) is 138 Å². The Morgan fingerprint density at radius 1 is 0.433 bits per heavy atom. The van der Waals surface area contributed by atoms with Gasteiger partial charge < -0.3 is 9.13 Å². The first-order chi connectivity index (χ1) is 29.6. The van der Waals surface area contributed by atoms with Crippen molar-refractivity contribution in [2.75, 3.05) is 0 Å². The molecule has 4 aliphatic rings. The lowest BCUT2D eigenvalue weighted by molar-refractivity contribution is 0.748. The van der Waals surface area contributed by atoms with Crippen LogP contribution in [0.1, 0.15) is 33.4 Å². The van der Waals surface area contributed by atoms with Crippen molar-refractivity contribution in [3.8, 4) is 44.9 Å². The predicted molar refractivity (Wildman–Crippen MR) is 251 cm³/mol. The summed E-state index contributed by atoms with van der Waals surface area (Å²) in [7, 11) is 0. The van der Waals surface area contributed by atoms with Crippen LogP contribution in [0.2, 0.25) is 0 Å². The number of fused-ring (bicyclic) bond motifs is 13. The molecular weight excluding hydrogens is 723 g/mol. The van der Waals surface area contributed by atoms with E-state index in [9.17, 15) is 0 Å². The summed E-state index contributed by atoms with van der Waals surface area (Å²) in [6.07, 6.45) is 0. The second-order valence-electron chi connectivity index (χ2n) is 17.7. The van der Waals surface area contributed by atoms with Crippen LogP contribution in [0.4, 0.5) is 0 Å². The molecule has 0 fully saturated rings. The summed E-state index contributed by atoms with van der Waals surface area (Å²) >= 11 is 0. The van der Waals surface area contributed by atoms with Crippen molar-refractivity contribution < 1.29 is 0 Å². The van der Waals surface area contributed by atoms with Crippen LogP contribution in [0, 0.1) is 13.8 Å². The summed E-state index contributed by atoms with van der Waals surface area (Å²) < 4.78 is 5.40. The van der Waals surface area contributed by atoms with E-state index in [-0.39, 0.29) is 6.71 Å². The fourth-order valence-corrected chi connectivity index (χ4v) is 12.8. The Balaban J connectivity index is 1.24. The predicted octanol–water partition coefficient (Wildman–Crippen LogP) is 11.7. The highest BCUT2D eigenvalue weighted by molar-refractivity contribution is 7.01. The van der Waals surface area contributed by atoms with Gasteiger partial charge in [-0.25, -0.2) is 0 Å². The highest BCUT2D eigenvalue weighted by Crippen LogP contribution is 2.62. The third-order valence-electron chi connectivity index (χ3n) is 14.7. The minimum absolute atomic E-state index is 0.0176. The van der Waals surface area contributed by atoms with Crippen molar-refractivity contribution in [1.82, 2.24) is 9.13 Å². The summed E-state index contributed by atoms with van der Waals surface area (Å²) in [5.41, 5.74) is 26.2. The molecule has 11 aromatic rings. The lowest BCUT2D eigenvalue weighted by Crippen LogP contribution is -2.60. The number of hydrogen-bond donors (Lipinski definition) is 0. The Hall–Kier alpha value is -7.36. The summed E-state index contributed by atoms with van der Waals surface area (Å²) in [5, 5.41) is 6.63. The number of hydrogen-bond acceptors (Lipinski definition) is 0. The van der Waals surface area contributed by atoms with Gasteiger partial charge in [-0.05, 0) is 110 Å². The van der Waals surface area contributed by atoms with Crippen LogP contribution >= 0.6 is 0 Å². The fraction of sp³-hybridized carbons (Fsp3) is 0.0526. The molecular formula is C57H35BN2. The average molecular weight is 759 g/mol. The first-order valence-corrected chi connectivity index (χ1v) is 21.3.